The third-order valence-corrected chi connectivity index (χ3v) is 4.30. The molecule has 0 bridgehead atoms. The van der Waals surface area contributed by atoms with Gasteiger partial charge in [0.2, 0.25) is 0 Å². The van der Waals surface area contributed by atoms with Gasteiger partial charge >= 0.3 is 0 Å². The van der Waals surface area contributed by atoms with Gasteiger partial charge in [0, 0.05) is 4.47 Å². The van der Waals surface area contributed by atoms with E-state index in [0.717, 1.165) is 16.5 Å². The summed E-state index contributed by atoms with van der Waals surface area (Å²) >= 11 is 3.42. The van der Waals surface area contributed by atoms with Crippen LogP contribution in [0.25, 0.3) is 0 Å². The number of carbonyl (C=O) groups excluding carboxylic acids is 1. The minimum atomic E-state index is -0.113. The van der Waals surface area contributed by atoms with Crippen LogP contribution in [0.1, 0.15) is 40.9 Å². The Morgan fingerprint density at radius 1 is 1.23 bits per heavy atom. The van der Waals surface area contributed by atoms with Crippen molar-refractivity contribution in [3.05, 3.63) is 63.6 Å². The van der Waals surface area contributed by atoms with Gasteiger partial charge in [-0.2, -0.15) is 0 Å². The van der Waals surface area contributed by atoms with Gasteiger partial charge in [0.1, 0.15) is 5.75 Å². The second-order valence-electron chi connectivity index (χ2n) is 5.19. The van der Waals surface area contributed by atoms with E-state index in [9.17, 15) is 4.79 Å². The largest absolute Gasteiger partial charge is 0.497 e. The lowest BCUT2D eigenvalue weighted by atomic mass is 10.0. The lowest BCUT2D eigenvalue weighted by Gasteiger charge is -2.18. The first-order valence-corrected chi connectivity index (χ1v) is 8.05. The van der Waals surface area contributed by atoms with Crippen molar-refractivity contribution in [1.82, 2.24) is 5.32 Å². The number of benzene rings is 2. The molecule has 4 heteroatoms. The van der Waals surface area contributed by atoms with Gasteiger partial charge in [-0.1, -0.05) is 36.8 Å². The Hall–Kier alpha value is -1.81. The zero-order chi connectivity index (χ0) is 16.1. The maximum atomic E-state index is 12.5. The van der Waals surface area contributed by atoms with Crippen LogP contribution in [0.4, 0.5) is 0 Å². The Morgan fingerprint density at radius 2 is 1.91 bits per heavy atom. The van der Waals surface area contributed by atoms with Gasteiger partial charge < -0.3 is 10.1 Å². The standard InChI is InChI=1S/C18H20BrNO2/c1-4-17(13-7-5-12(2)6-8-13)20-18(21)15-11-14(22-3)9-10-16(15)19/h5-11,17H,4H2,1-3H3,(H,20,21). The van der Waals surface area contributed by atoms with Crippen LogP contribution >= 0.6 is 15.9 Å². The minimum absolute atomic E-state index is 0.00815. The van der Waals surface area contributed by atoms with Gasteiger partial charge in [0.25, 0.3) is 5.91 Å². The van der Waals surface area contributed by atoms with Crippen molar-refractivity contribution in [3.8, 4) is 5.75 Å². The van der Waals surface area contributed by atoms with Gasteiger partial charge in [0.15, 0.2) is 0 Å². The molecule has 116 valence electrons. The predicted octanol–water partition coefficient (Wildman–Crippen LogP) is 4.65. The van der Waals surface area contributed by atoms with E-state index in [4.69, 9.17) is 4.74 Å². The fourth-order valence-electron chi connectivity index (χ4n) is 2.26. The van der Waals surface area contributed by atoms with E-state index in [0.29, 0.717) is 11.3 Å². The van der Waals surface area contributed by atoms with Crippen molar-refractivity contribution in [3.63, 3.8) is 0 Å². The molecule has 2 aromatic rings. The maximum Gasteiger partial charge on any atom is 0.253 e. The number of amides is 1. The van der Waals surface area contributed by atoms with Crippen LogP contribution in [0.15, 0.2) is 46.9 Å². The van der Waals surface area contributed by atoms with Crippen molar-refractivity contribution < 1.29 is 9.53 Å². The number of hydrogen-bond donors (Lipinski definition) is 1. The summed E-state index contributed by atoms with van der Waals surface area (Å²) in [6.07, 6.45) is 0.830. The summed E-state index contributed by atoms with van der Waals surface area (Å²) in [5.74, 6) is 0.551. The highest BCUT2D eigenvalue weighted by atomic mass is 79.9. The van der Waals surface area contributed by atoms with Crippen molar-refractivity contribution in [2.75, 3.05) is 7.11 Å². The Labute approximate surface area is 139 Å². The summed E-state index contributed by atoms with van der Waals surface area (Å²) in [5.41, 5.74) is 2.89. The molecule has 1 atom stereocenters. The first-order valence-electron chi connectivity index (χ1n) is 7.26. The van der Waals surface area contributed by atoms with Gasteiger partial charge in [-0.15, -0.1) is 0 Å². The summed E-state index contributed by atoms with van der Waals surface area (Å²) in [7, 11) is 1.59. The molecule has 0 aromatic heterocycles. The molecule has 0 aliphatic heterocycles. The van der Waals surface area contributed by atoms with Crippen LogP contribution in [-0.4, -0.2) is 13.0 Å². The predicted molar refractivity (Wildman–Crippen MR) is 92.4 cm³/mol. The van der Waals surface area contributed by atoms with Crippen LogP contribution in [0.3, 0.4) is 0 Å². The van der Waals surface area contributed by atoms with Crippen LogP contribution in [0, 0.1) is 6.92 Å². The Balaban J connectivity index is 2.20. The van der Waals surface area contributed by atoms with Crippen LogP contribution in [0.5, 0.6) is 5.75 Å². The average Bonchev–Trinajstić information content (AvgIpc) is 2.53. The first-order chi connectivity index (χ1) is 10.5. The van der Waals surface area contributed by atoms with Gasteiger partial charge in [-0.3, -0.25) is 4.79 Å². The molecule has 22 heavy (non-hydrogen) atoms. The zero-order valence-electron chi connectivity index (χ0n) is 13.0. The normalized spacial score (nSPS) is 11.8. The lowest BCUT2D eigenvalue weighted by Crippen LogP contribution is -2.28. The number of ether oxygens (including phenoxy) is 1. The summed E-state index contributed by atoms with van der Waals surface area (Å²) < 4.78 is 5.94. The number of aryl methyl sites for hydroxylation is 1. The van der Waals surface area contributed by atoms with E-state index in [1.807, 2.05) is 12.1 Å². The fraction of sp³-hybridized carbons (Fsp3) is 0.278. The molecule has 0 aliphatic carbocycles. The van der Waals surface area contributed by atoms with E-state index < -0.39 is 0 Å². The third-order valence-electron chi connectivity index (χ3n) is 3.61. The second kappa shape index (κ2) is 7.45. The summed E-state index contributed by atoms with van der Waals surface area (Å²) in [5, 5.41) is 3.09. The number of carbonyl (C=O) groups is 1. The highest BCUT2D eigenvalue weighted by molar-refractivity contribution is 9.10. The smallest absolute Gasteiger partial charge is 0.253 e. The molecule has 3 nitrogen and oxygen atoms in total. The fourth-order valence-corrected chi connectivity index (χ4v) is 2.69. The van der Waals surface area contributed by atoms with E-state index in [2.05, 4.69) is 59.4 Å². The summed E-state index contributed by atoms with van der Waals surface area (Å²) in [6.45, 7) is 4.11. The molecule has 0 fully saturated rings. The SMILES string of the molecule is CCC(NC(=O)c1cc(OC)ccc1Br)c1ccc(C)cc1. The maximum absolute atomic E-state index is 12.5. The van der Waals surface area contributed by atoms with Crippen molar-refractivity contribution in [2.24, 2.45) is 0 Å². The molecule has 1 N–H and O–H groups in total. The third kappa shape index (κ3) is 3.89. The lowest BCUT2D eigenvalue weighted by molar-refractivity contribution is 0.0934. The monoisotopic (exact) mass is 361 g/mol. The minimum Gasteiger partial charge on any atom is -0.497 e. The molecule has 0 saturated heterocycles. The number of rotatable bonds is 5. The van der Waals surface area contributed by atoms with Gasteiger partial charge in [-0.05, 0) is 53.0 Å². The highest BCUT2D eigenvalue weighted by Gasteiger charge is 2.16. The van der Waals surface area contributed by atoms with Crippen LogP contribution in [-0.2, 0) is 0 Å². The average molecular weight is 362 g/mol. The molecule has 0 saturated carbocycles. The van der Waals surface area contributed by atoms with Crippen molar-refractivity contribution in [2.45, 2.75) is 26.3 Å². The molecule has 1 unspecified atom stereocenters. The van der Waals surface area contributed by atoms with Crippen molar-refractivity contribution in [1.29, 1.82) is 0 Å². The number of halogens is 1. The van der Waals surface area contributed by atoms with Crippen LogP contribution in [0.2, 0.25) is 0 Å². The van der Waals surface area contributed by atoms with E-state index in [1.54, 1.807) is 13.2 Å². The first kappa shape index (κ1) is 16.6. The molecule has 0 radical (unpaired) electrons. The molecule has 0 aliphatic rings. The molecule has 2 aromatic carbocycles. The van der Waals surface area contributed by atoms with Gasteiger partial charge in [-0.25, -0.2) is 0 Å². The topological polar surface area (TPSA) is 38.3 Å². The molecular weight excluding hydrogens is 342 g/mol. The molecule has 1 amide bonds. The quantitative estimate of drug-likeness (QED) is 0.841. The molecule has 0 spiro atoms. The molecular formula is C18H20BrNO2. The highest BCUT2D eigenvalue weighted by Crippen LogP contribution is 2.24. The Bertz CT molecular complexity index is 653. The number of nitrogens with one attached hydrogen (secondary N) is 1. The summed E-state index contributed by atoms with van der Waals surface area (Å²) in [6, 6.07) is 13.6. The Morgan fingerprint density at radius 3 is 2.50 bits per heavy atom. The number of methoxy groups -OCH3 is 1. The molecule has 0 heterocycles. The van der Waals surface area contributed by atoms with E-state index in [1.165, 1.54) is 5.56 Å². The Kier molecular flexibility index (Phi) is 5.61. The van der Waals surface area contributed by atoms with Crippen LogP contribution < -0.4 is 10.1 Å². The second-order valence-corrected chi connectivity index (χ2v) is 6.05. The zero-order valence-corrected chi connectivity index (χ0v) is 14.6. The van der Waals surface area contributed by atoms with Gasteiger partial charge in [0.05, 0.1) is 18.7 Å². The summed E-state index contributed by atoms with van der Waals surface area (Å²) in [4.78, 5) is 12.5. The van der Waals surface area contributed by atoms with E-state index >= 15 is 0 Å². The van der Waals surface area contributed by atoms with Crippen molar-refractivity contribution >= 4 is 21.8 Å². The number of hydrogen-bond acceptors (Lipinski definition) is 2. The molecule has 2 rings (SSSR count). The van der Waals surface area contributed by atoms with E-state index in [-0.39, 0.29) is 11.9 Å².